The summed E-state index contributed by atoms with van der Waals surface area (Å²) in [5, 5.41) is 0.165. The predicted octanol–water partition coefficient (Wildman–Crippen LogP) is 2.87. The zero-order chi connectivity index (χ0) is 9.14. The van der Waals surface area contributed by atoms with Gasteiger partial charge in [0.15, 0.2) is 0 Å². The van der Waals surface area contributed by atoms with Crippen LogP contribution in [-0.4, -0.2) is 10.4 Å². The van der Waals surface area contributed by atoms with Gasteiger partial charge in [0.2, 0.25) is 0 Å². The van der Waals surface area contributed by atoms with Crippen LogP contribution >= 0.6 is 11.6 Å². The Bertz CT molecular complexity index is 248. The summed E-state index contributed by atoms with van der Waals surface area (Å²) in [6.45, 7) is 6.08. The molecule has 1 aromatic heterocycles. The van der Waals surface area contributed by atoms with Gasteiger partial charge in [0, 0.05) is 23.2 Å². The van der Waals surface area contributed by atoms with Crippen LogP contribution in [0.5, 0.6) is 0 Å². The van der Waals surface area contributed by atoms with Crippen molar-refractivity contribution < 1.29 is 0 Å². The van der Waals surface area contributed by atoms with E-state index in [0.717, 1.165) is 17.8 Å². The standard InChI is InChI=1S/C10H14ClN/c1-7-4-9(3)12-10(5-7)6-8(2)11/h4-5,8H,6H2,1-3H3. The van der Waals surface area contributed by atoms with E-state index in [9.17, 15) is 0 Å². The lowest BCUT2D eigenvalue weighted by Crippen LogP contribution is -2.01. The number of aromatic nitrogens is 1. The number of aryl methyl sites for hydroxylation is 2. The monoisotopic (exact) mass is 183 g/mol. The highest BCUT2D eigenvalue weighted by atomic mass is 35.5. The molecule has 1 unspecified atom stereocenters. The Hall–Kier alpha value is -0.560. The Morgan fingerprint density at radius 2 is 2.08 bits per heavy atom. The highest BCUT2D eigenvalue weighted by Gasteiger charge is 2.01. The lowest BCUT2D eigenvalue weighted by Gasteiger charge is -2.04. The van der Waals surface area contributed by atoms with Gasteiger partial charge in [-0.25, -0.2) is 0 Å². The minimum absolute atomic E-state index is 0.165. The molecular weight excluding hydrogens is 170 g/mol. The summed E-state index contributed by atoms with van der Waals surface area (Å²) >= 11 is 5.88. The third kappa shape index (κ3) is 2.82. The molecule has 1 rings (SSSR count). The first-order chi connectivity index (χ1) is 5.58. The quantitative estimate of drug-likeness (QED) is 0.643. The van der Waals surface area contributed by atoms with Crippen molar-refractivity contribution in [2.24, 2.45) is 0 Å². The van der Waals surface area contributed by atoms with Crippen LogP contribution in [0.2, 0.25) is 0 Å². The van der Waals surface area contributed by atoms with Crippen LogP contribution in [0.4, 0.5) is 0 Å². The van der Waals surface area contributed by atoms with E-state index in [0.29, 0.717) is 0 Å². The Balaban J connectivity index is 2.85. The largest absolute Gasteiger partial charge is 0.258 e. The van der Waals surface area contributed by atoms with Crippen LogP contribution in [-0.2, 0) is 6.42 Å². The molecule has 0 amide bonds. The molecule has 0 saturated heterocycles. The highest BCUT2D eigenvalue weighted by Crippen LogP contribution is 2.08. The van der Waals surface area contributed by atoms with E-state index in [1.165, 1.54) is 5.56 Å². The molecule has 0 saturated carbocycles. The molecule has 1 atom stereocenters. The molecule has 0 N–H and O–H groups in total. The summed E-state index contributed by atoms with van der Waals surface area (Å²) in [6, 6.07) is 4.16. The van der Waals surface area contributed by atoms with E-state index in [1.807, 2.05) is 13.8 Å². The smallest absolute Gasteiger partial charge is 0.0424 e. The zero-order valence-corrected chi connectivity index (χ0v) is 8.52. The van der Waals surface area contributed by atoms with Gasteiger partial charge in [-0.1, -0.05) is 0 Å². The molecule has 1 nitrogen and oxygen atoms in total. The molecule has 2 heteroatoms. The third-order valence-corrected chi connectivity index (χ3v) is 1.80. The van der Waals surface area contributed by atoms with E-state index < -0.39 is 0 Å². The number of nitrogens with zero attached hydrogens (tertiary/aromatic N) is 1. The molecule has 0 aromatic carbocycles. The van der Waals surface area contributed by atoms with Gasteiger partial charge in [0.05, 0.1) is 0 Å². The van der Waals surface area contributed by atoms with Crippen molar-refractivity contribution in [3.63, 3.8) is 0 Å². The van der Waals surface area contributed by atoms with Crippen molar-refractivity contribution >= 4 is 11.6 Å². The van der Waals surface area contributed by atoms with Crippen molar-refractivity contribution in [3.05, 3.63) is 29.1 Å². The maximum absolute atomic E-state index is 5.88. The SMILES string of the molecule is Cc1cc(C)nc(CC(C)Cl)c1. The fourth-order valence-electron chi connectivity index (χ4n) is 1.32. The normalized spacial score (nSPS) is 13.0. The highest BCUT2D eigenvalue weighted by molar-refractivity contribution is 6.20. The van der Waals surface area contributed by atoms with Crippen LogP contribution in [0, 0.1) is 13.8 Å². The van der Waals surface area contributed by atoms with Crippen LogP contribution in [0.15, 0.2) is 12.1 Å². The van der Waals surface area contributed by atoms with Crippen LogP contribution in [0.25, 0.3) is 0 Å². The zero-order valence-electron chi connectivity index (χ0n) is 7.76. The summed E-state index contributed by atoms with van der Waals surface area (Å²) in [4.78, 5) is 4.39. The Labute approximate surface area is 78.8 Å². The van der Waals surface area contributed by atoms with Crippen molar-refractivity contribution in [2.75, 3.05) is 0 Å². The van der Waals surface area contributed by atoms with Crippen molar-refractivity contribution in [3.8, 4) is 0 Å². The number of pyridine rings is 1. The minimum Gasteiger partial charge on any atom is -0.258 e. The lowest BCUT2D eigenvalue weighted by atomic mass is 10.1. The number of rotatable bonds is 2. The van der Waals surface area contributed by atoms with E-state index >= 15 is 0 Å². The fraction of sp³-hybridized carbons (Fsp3) is 0.500. The Morgan fingerprint density at radius 3 is 2.58 bits per heavy atom. The van der Waals surface area contributed by atoms with Gasteiger partial charge < -0.3 is 0 Å². The van der Waals surface area contributed by atoms with Gasteiger partial charge in [0.25, 0.3) is 0 Å². The fourth-order valence-corrected chi connectivity index (χ4v) is 1.48. The first-order valence-corrected chi connectivity index (χ1v) is 4.60. The lowest BCUT2D eigenvalue weighted by molar-refractivity contribution is 0.879. The van der Waals surface area contributed by atoms with Gasteiger partial charge in [0.1, 0.15) is 0 Å². The molecule has 12 heavy (non-hydrogen) atoms. The van der Waals surface area contributed by atoms with Crippen molar-refractivity contribution in [2.45, 2.75) is 32.6 Å². The Morgan fingerprint density at radius 1 is 1.42 bits per heavy atom. The molecule has 0 aliphatic rings. The van der Waals surface area contributed by atoms with Crippen molar-refractivity contribution in [1.82, 2.24) is 4.98 Å². The van der Waals surface area contributed by atoms with E-state index in [1.54, 1.807) is 0 Å². The molecule has 1 aromatic rings. The van der Waals surface area contributed by atoms with E-state index in [4.69, 9.17) is 11.6 Å². The summed E-state index contributed by atoms with van der Waals surface area (Å²) in [5.41, 5.74) is 3.42. The molecule has 0 spiro atoms. The summed E-state index contributed by atoms with van der Waals surface area (Å²) in [5.74, 6) is 0. The summed E-state index contributed by atoms with van der Waals surface area (Å²) in [6.07, 6.45) is 0.851. The molecule has 1 heterocycles. The second kappa shape index (κ2) is 3.90. The van der Waals surface area contributed by atoms with Crippen LogP contribution < -0.4 is 0 Å². The Kier molecular flexibility index (Phi) is 3.10. The molecular formula is C10H14ClN. The maximum atomic E-state index is 5.88. The third-order valence-electron chi connectivity index (χ3n) is 1.64. The predicted molar refractivity (Wildman–Crippen MR) is 52.7 cm³/mol. The van der Waals surface area contributed by atoms with Gasteiger partial charge in [-0.2, -0.15) is 0 Å². The van der Waals surface area contributed by atoms with E-state index in [-0.39, 0.29) is 5.38 Å². The van der Waals surface area contributed by atoms with Crippen molar-refractivity contribution in [1.29, 1.82) is 0 Å². The second-order valence-corrected chi connectivity index (χ2v) is 4.01. The number of alkyl halides is 1. The summed E-state index contributed by atoms with van der Waals surface area (Å²) in [7, 11) is 0. The molecule has 0 radical (unpaired) electrons. The maximum Gasteiger partial charge on any atom is 0.0424 e. The molecule has 66 valence electrons. The average molecular weight is 184 g/mol. The molecule has 0 fully saturated rings. The second-order valence-electron chi connectivity index (χ2n) is 3.26. The topological polar surface area (TPSA) is 12.9 Å². The number of hydrogen-bond acceptors (Lipinski definition) is 1. The van der Waals surface area contributed by atoms with Gasteiger partial charge in [-0.3, -0.25) is 4.98 Å². The number of halogens is 1. The average Bonchev–Trinajstić information content (AvgIpc) is 1.81. The minimum atomic E-state index is 0.165. The van der Waals surface area contributed by atoms with Gasteiger partial charge in [-0.05, 0) is 38.5 Å². The molecule has 0 aliphatic heterocycles. The number of hydrogen-bond donors (Lipinski definition) is 0. The van der Waals surface area contributed by atoms with Gasteiger partial charge in [-0.15, -0.1) is 11.6 Å². The van der Waals surface area contributed by atoms with Crippen LogP contribution in [0.3, 0.4) is 0 Å². The van der Waals surface area contributed by atoms with Gasteiger partial charge >= 0.3 is 0 Å². The molecule has 0 bridgehead atoms. The van der Waals surface area contributed by atoms with Crippen LogP contribution in [0.1, 0.15) is 23.9 Å². The first-order valence-electron chi connectivity index (χ1n) is 4.16. The molecule has 0 aliphatic carbocycles. The van der Waals surface area contributed by atoms with E-state index in [2.05, 4.69) is 24.0 Å². The first kappa shape index (κ1) is 9.53. The summed E-state index contributed by atoms with van der Waals surface area (Å²) < 4.78 is 0.